The van der Waals surface area contributed by atoms with Gasteiger partial charge in [0.15, 0.2) is 0 Å². The Kier molecular flexibility index (Phi) is 5.43. The molecule has 1 aliphatic rings. The Hall–Kier alpha value is -0.380. The van der Waals surface area contributed by atoms with E-state index in [1.807, 2.05) is 0 Å². The van der Waals surface area contributed by atoms with Crippen molar-refractivity contribution in [2.24, 2.45) is 5.92 Å². The standard InChI is InChI=1S/C16H25BrN2/c1-12(2)10-16(19-8-6-18-7-9-19)14-5-4-13(3)11-15(14)17/h4-5,11-12,16,18H,6-10H2,1-3H3/t16-/m0/s1. The number of benzene rings is 1. The van der Waals surface area contributed by atoms with Gasteiger partial charge in [-0.1, -0.05) is 41.9 Å². The van der Waals surface area contributed by atoms with Crippen LogP contribution in [0, 0.1) is 12.8 Å². The lowest BCUT2D eigenvalue weighted by Gasteiger charge is -2.36. The van der Waals surface area contributed by atoms with Crippen molar-refractivity contribution in [3.63, 3.8) is 0 Å². The third kappa shape index (κ3) is 4.04. The lowest BCUT2D eigenvalue weighted by atomic mass is 9.94. The van der Waals surface area contributed by atoms with Crippen molar-refractivity contribution in [1.82, 2.24) is 10.2 Å². The average molecular weight is 325 g/mol. The second kappa shape index (κ2) is 6.87. The lowest BCUT2D eigenvalue weighted by Crippen LogP contribution is -2.45. The van der Waals surface area contributed by atoms with Gasteiger partial charge in [0.2, 0.25) is 0 Å². The molecule has 0 amide bonds. The number of nitrogens with one attached hydrogen (secondary N) is 1. The van der Waals surface area contributed by atoms with E-state index >= 15 is 0 Å². The second-order valence-corrected chi connectivity index (χ2v) is 6.81. The van der Waals surface area contributed by atoms with E-state index in [1.165, 1.54) is 22.0 Å². The molecule has 1 aliphatic heterocycles. The van der Waals surface area contributed by atoms with Gasteiger partial charge in [-0.15, -0.1) is 0 Å². The number of rotatable bonds is 4. The number of hydrogen-bond donors (Lipinski definition) is 1. The molecule has 0 aliphatic carbocycles. The zero-order valence-electron chi connectivity index (χ0n) is 12.2. The van der Waals surface area contributed by atoms with E-state index < -0.39 is 0 Å². The van der Waals surface area contributed by atoms with Crippen LogP contribution >= 0.6 is 15.9 Å². The topological polar surface area (TPSA) is 15.3 Å². The molecule has 1 N–H and O–H groups in total. The number of hydrogen-bond acceptors (Lipinski definition) is 2. The summed E-state index contributed by atoms with van der Waals surface area (Å²) in [5, 5.41) is 3.44. The van der Waals surface area contributed by atoms with Crippen molar-refractivity contribution in [3.8, 4) is 0 Å². The molecule has 0 spiro atoms. The smallest absolute Gasteiger partial charge is 0.0362 e. The van der Waals surface area contributed by atoms with Crippen LogP contribution in [0.2, 0.25) is 0 Å². The van der Waals surface area contributed by atoms with Crippen molar-refractivity contribution >= 4 is 15.9 Å². The first-order valence-electron chi connectivity index (χ1n) is 7.28. The van der Waals surface area contributed by atoms with E-state index in [0.29, 0.717) is 12.0 Å². The highest BCUT2D eigenvalue weighted by molar-refractivity contribution is 9.10. The molecular weight excluding hydrogens is 300 g/mol. The van der Waals surface area contributed by atoms with Crippen LogP contribution in [0.25, 0.3) is 0 Å². The lowest BCUT2D eigenvalue weighted by molar-refractivity contribution is 0.153. The summed E-state index contributed by atoms with van der Waals surface area (Å²) < 4.78 is 1.26. The molecule has 0 radical (unpaired) electrons. The van der Waals surface area contributed by atoms with Gasteiger partial charge in [-0.2, -0.15) is 0 Å². The van der Waals surface area contributed by atoms with Gasteiger partial charge < -0.3 is 5.32 Å². The number of piperazine rings is 1. The van der Waals surface area contributed by atoms with E-state index in [1.54, 1.807) is 0 Å². The molecule has 0 unspecified atom stereocenters. The fourth-order valence-corrected chi connectivity index (χ4v) is 3.57. The first-order valence-corrected chi connectivity index (χ1v) is 8.08. The van der Waals surface area contributed by atoms with Crippen molar-refractivity contribution in [3.05, 3.63) is 33.8 Å². The van der Waals surface area contributed by atoms with Gasteiger partial charge in [-0.3, -0.25) is 4.90 Å². The van der Waals surface area contributed by atoms with Gasteiger partial charge in [0.25, 0.3) is 0 Å². The van der Waals surface area contributed by atoms with Crippen molar-refractivity contribution < 1.29 is 0 Å². The second-order valence-electron chi connectivity index (χ2n) is 5.96. The summed E-state index contributed by atoms with van der Waals surface area (Å²) in [5.41, 5.74) is 2.76. The van der Waals surface area contributed by atoms with Crippen LogP contribution in [0.3, 0.4) is 0 Å². The van der Waals surface area contributed by atoms with Crippen molar-refractivity contribution in [2.45, 2.75) is 33.2 Å². The molecular formula is C16H25BrN2. The Morgan fingerprint density at radius 1 is 1.26 bits per heavy atom. The predicted molar refractivity (Wildman–Crippen MR) is 85.5 cm³/mol. The molecule has 3 heteroatoms. The zero-order chi connectivity index (χ0) is 13.8. The maximum absolute atomic E-state index is 3.76. The molecule has 106 valence electrons. The summed E-state index contributed by atoms with van der Waals surface area (Å²) in [7, 11) is 0. The fraction of sp³-hybridized carbons (Fsp3) is 0.625. The van der Waals surface area contributed by atoms with E-state index in [2.05, 4.69) is 65.1 Å². The minimum atomic E-state index is 0.539. The molecule has 1 atom stereocenters. The Bertz CT molecular complexity index is 411. The highest BCUT2D eigenvalue weighted by Crippen LogP contribution is 2.33. The monoisotopic (exact) mass is 324 g/mol. The van der Waals surface area contributed by atoms with Gasteiger partial charge in [0, 0.05) is 36.7 Å². The highest BCUT2D eigenvalue weighted by atomic mass is 79.9. The van der Waals surface area contributed by atoms with E-state index in [-0.39, 0.29) is 0 Å². The summed E-state index contributed by atoms with van der Waals surface area (Å²) in [5.74, 6) is 0.716. The molecule has 1 aromatic carbocycles. The molecule has 0 bridgehead atoms. The van der Waals surface area contributed by atoms with Crippen LogP contribution in [0.4, 0.5) is 0 Å². The minimum Gasteiger partial charge on any atom is -0.314 e. The predicted octanol–water partition coefficient (Wildman–Crippen LogP) is 3.75. The molecule has 0 saturated carbocycles. The molecule has 1 saturated heterocycles. The molecule has 19 heavy (non-hydrogen) atoms. The summed E-state index contributed by atoms with van der Waals surface area (Å²) in [6.07, 6.45) is 1.22. The van der Waals surface area contributed by atoms with Crippen LogP contribution in [0.5, 0.6) is 0 Å². The highest BCUT2D eigenvalue weighted by Gasteiger charge is 2.24. The van der Waals surface area contributed by atoms with E-state index in [9.17, 15) is 0 Å². The number of halogens is 1. The zero-order valence-corrected chi connectivity index (χ0v) is 13.8. The molecule has 2 rings (SSSR count). The van der Waals surface area contributed by atoms with Gasteiger partial charge in [-0.25, -0.2) is 0 Å². The fourth-order valence-electron chi connectivity index (χ4n) is 2.82. The number of aryl methyl sites for hydroxylation is 1. The summed E-state index contributed by atoms with van der Waals surface area (Å²) >= 11 is 3.76. The van der Waals surface area contributed by atoms with Crippen LogP contribution in [-0.2, 0) is 0 Å². The van der Waals surface area contributed by atoms with Gasteiger partial charge >= 0.3 is 0 Å². The molecule has 1 aromatic rings. The van der Waals surface area contributed by atoms with E-state index in [4.69, 9.17) is 0 Å². The summed E-state index contributed by atoms with van der Waals surface area (Å²) in [4.78, 5) is 2.63. The molecule has 1 heterocycles. The van der Waals surface area contributed by atoms with Crippen LogP contribution in [0.15, 0.2) is 22.7 Å². The number of nitrogens with zero attached hydrogens (tertiary/aromatic N) is 1. The maximum atomic E-state index is 3.76. The Morgan fingerprint density at radius 2 is 1.95 bits per heavy atom. The Labute approximate surface area is 125 Å². The quantitative estimate of drug-likeness (QED) is 0.907. The first kappa shape index (κ1) is 15.0. The van der Waals surface area contributed by atoms with Gasteiger partial charge in [0.1, 0.15) is 0 Å². The van der Waals surface area contributed by atoms with Gasteiger partial charge in [-0.05, 0) is 36.5 Å². The molecule has 1 fully saturated rings. The first-order chi connectivity index (χ1) is 9.08. The minimum absolute atomic E-state index is 0.539. The molecule has 0 aromatic heterocycles. The average Bonchev–Trinajstić information content (AvgIpc) is 2.37. The third-order valence-electron chi connectivity index (χ3n) is 3.80. The summed E-state index contributed by atoms with van der Waals surface area (Å²) in [6, 6.07) is 7.31. The van der Waals surface area contributed by atoms with Crippen molar-refractivity contribution in [2.75, 3.05) is 26.2 Å². The Morgan fingerprint density at radius 3 is 2.53 bits per heavy atom. The van der Waals surface area contributed by atoms with Gasteiger partial charge in [0.05, 0.1) is 0 Å². The van der Waals surface area contributed by atoms with Crippen LogP contribution < -0.4 is 5.32 Å². The Balaban J connectivity index is 2.25. The largest absolute Gasteiger partial charge is 0.314 e. The summed E-state index contributed by atoms with van der Waals surface area (Å²) in [6.45, 7) is 11.3. The molecule has 2 nitrogen and oxygen atoms in total. The van der Waals surface area contributed by atoms with Crippen LogP contribution in [-0.4, -0.2) is 31.1 Å². The van der Waals surface area contributed by atoms with Crippen molar-refractivity contribution in [1.29, 1.82) is 0 Å². The van der Waals surface area contributed by atoms with Crippen LogP contribution in [0.1, 0.15) is 37.4 Å². The maximum Gasteiger partial charge on any atom is 0.0362 e. The normalized spacial score (nSPS) is 18.8. The van der Waals surface area contributed by atoms with E-state index in [0.717, 1.165) is 26.2 Å². The SMILES string of the molecule is Cc1ccc([C@H](CC(C)C)N2CCNCC2)c(Br)c1. The third-order valence-corrected chi connectivity index (χ3v) is 4.49.